The van der Waals surface area contributed by atoms with Gasteiger partial charge in [0, 0.05) is 24.8 Å². The molecular weight excluding hydrogens is 388 g/mol. The maximum atomic E-state index is 12.4. The van der Waals surface area contributed by atoms with Crippen molar-refractivity contribution in [1.29, 1.82) is 0 Å². The number of rotatable bonds is 8. The van der Waals surface area contributed by atoms with E-state index in [-0.39, 0.29) is 28.2 Å². The number of carbonyl (C=O) groups excluding carboxylic acids is 1. The lowest BCUT2D eigenvalue weighted by Gasteiger charge is -2.18. The maximum Gasteiger partial charge on any atom is 0.243 e. The molecule has 5 N–H and O–H groups in total. The van der Waals surface area contributed by atoms with Crippen LogP contribution >= 0.6 is 11.8 Å². The number of benzene rings is 1. The summed E-state index contributed by atoms with van der Waals surface area (Å²) >= 11 is 1.10. The van der Waals surface area contributed by atoms with E-state index in [1.807, 2.05) is 0 Å². The number of nitrogens with zero attached hydrogens (tertiary/aromatic N) is 3. The van der Waals surface area contributed by atoms with Crippen LogP contribution in [0.2, 0.25) is 0 Å². The number of amides is 1. The second-order valence-corrected chi connectivity index (χ2v) is 8.33. The van der Waals surface area contributed by atoms with Crippen LogP contribution in [0.25, 0.3) is 0 Å². The summed E-state index contributed by atoms with van der Waals surface area (Å²) in [5.41, 5.74) is 11.7. The summed E-state index contributed by atoms with van der Waals surface area (Å²) < 4.78 is 26.3. The van der Waals surface area contributed by atoms with E-state index in [4.69, 9.17) is 11.5 Å². The fourth-order valence-corrected chi connectivity index (χ4v) is 4.41. The molecule has 0 unspecified atom stereocenters. The third kappa shape index (κ3) is 5.55. The van der Waals surface area contributed by atoms with E-state index in [0.717, 1.165) is 11.8 Å². The molecule has 9 nitrogen and oxygen atoms in total. The highest BCUT2D eigenvalue weighted by atomic mass is 32.2. The van der Waals surface area contributed by atoms with Crippen LogP contribution in [-0.2, 0) is 14.8 Å². The average molecular weight is 411 g/mol. The van der Waals surface area contributed by atoms with Gasteiger partial charge < -0.3 is 16.8 Å². The van der Waals surface area contributed by atoms with Crippen molar-refractivity contribution in [3.63, 3.8) is 0 Å². The van der Waals surface area contributed by atoms with Crippen LogP contribution in [0.15, 0.2) is 40.4 Å². The van der Waals surface area contributed by atoms with Gasteiger partial charge in [0.25, 0.3) is 0 Å². The molecule has 0 saturated carbocycles. The predicted octanol–water partition coefficient (Wildman–Crippen LogP) is 1.40. The van der Waals surface area contributed by atoms with Crippen molar-refractivity contribution in [2.24, 2.45) is 0 Å². The summed E-state index contributed by atoms with van der Waals surface area (Å²) in [6.45, 7) is 4.35. The molecular formula is C16H22N6O3S2. The van der Waals surface area contributed by atoms with Crippen LogP contribution < -0.4 is 16.8 Å². The minimum atomic E-state index is -3.52. The average Bonchev–Trinajstić information content (AvgIpc) is 2.60. The molecule has 0 spiro atoms. The van der Waals surface area contributed by atoms with E-state index in [0.29, 0.717) is 23.9 Å². The minimum absolute atomic E-state index is 0.0579. The zero-order valence-electron chi connectivity index (χ0n) is 15.0. The Hall–Kier alpha value is -2.37. The molecule has 1 aromatic heterocycles. The van der Waals surface area contributed by atoms with Gasteiger partial charge in [0.05, 0.1) is 10.6 Å². The number of nitrogens with two attached hydrogens (primary N) is 2. The molecule has 1 aromatic carbocycles. The molecule has 0 aliphatic rings. The Bertz CT molecular complexity index is 879. The molecule has 0 saturated heterocycles. The second-order valence-electron chi connectivity index (χ2n) is 5.45. The topological polar surface area (TPSA) is 144 Å². The normalized spacial score (nSPS) is 11.5. The van der Waals surface area contributed by atoms with Gasteiger partial charge in [-0.1, -0.05) is 25.6 Å². The number of carbonyl (C=O) groups is 1. The van der Waals surface area contributed by atoms with Gasteiger partial charge in [0.1, 0.15) is 11.6 Å². The summed E-state index contributed by atoms with van der Waals surface area (Å²) in [7, 11) is -3.52. The zero-order valence-corrected chi connectivity index (χ0v) is 16.7. The molecule has 2 aromatic rings. The fraction of sp³-hybridized carbons (Fsp3) is 0.312. The number of sulfonamides is 1. The van der Waals surface area contributed by atoms with Gasteiger partial charge in [-0.3, -0.25) is 4.79 Å². The van der Waals surface area contributed by atoms with Crippen molar-refractivity contribution >= 4 is 45.0 Å². The lowest BCUT2D eigenvalue weighted by Crippen LogP contribution is -2.30. The molecule has 1 heterocycles. The van der Waals surface area contributed by atoms with E-state index in [1.165, 1.54) is 22.5 Å². The number of aromatic nitrogens is 2. The number of nitrogens with one attached hydrogen (secondary N) is 1. The van der Waals surface area contributed by atoms with Gasteiger partial charge in [-0.2, -0.15) is 4.31 Å². The Morgan fingerprint density at radius 2 is 1.67 bits per heavy atom. The van der Waals surface area contributed by atoms with E-state index in [1.54, 1.807) is 26.0 Å². The van der Waals surface area contributed by atoms with Crippen LogP contribution in [0.3, 0.4) is 0 Å². The molecule has 27 heavy (non-hydrogen) atoms. The van der Waals surface area contributed by atoms with Crippen molar-refractivity contribution in [3.05, 3.63) is 30.3 Å². The van der Waals surface area contributed by atoms with Gasteiger partial charge in [-0.25, -0.2) is 18.4 Å². The summed E-state index contributed by atoms with van der Waals surface area (Å²) in [4.78, 5) is 20.2. The number of nitrogen functional groups attached to an aromatic ring is 2. The third-order valence-corrected chi connectivity index (χ3v) is 6.47. The highest BCUT2D eigenvalue weighted by molar-refractivity contribution is 7.99. The van der Waals surface area contributed by atoms with E-state index < -0.39 is 10.0 Å². The van der Waals surface area contributed by atoms with Gasteiger partial charge in [0.2, 0.25) is 15.9 Å². The second kappa shape index (κ2) is 9.02. The zero-order chi connectivity index (χ0) is 20.0. The van der Waals surface area contributed by atoms with Crippen LogP contribution in [0.1, 0.15) is 13.8 Å². The lowest BCUT2D eigenvalue weighted by molar-refractivity contribution is -0.113. The van der Waals surface area contributed by atoms with Gasteiger partial charge in [0.15, 0.2) is 5.16 Å². The first-order valence-corrected chi connectivity index (χ1v) is 10.6. The first-order valence-electron chi connectivity index (χ1n) is 8.19. The number of thioether (sulfide) groups is 1. The van der Waals surface area contributed by atoms with Crippen LogP contribution in [0.4, 0.5) is 17.3 Å². The van der Waals surface area contributed by atoms with Crippen molar-refractivity contribution < 1.29 is 13.2 Å². The Labute approximate surface area is 162 Å². The predicted molar refractivity (Wildman–Crippen MR) is 107 cm³/mol. The summed E-state index contributed by atoms with van der Waals surface area (Å²) in [6.07, 6.45) is 0. The van der Waals surface area contributed by atoms with E-state index in [2.05, 4.69) is 15.3 Å². The standard InChI is InChI=1S/C16H22N6O3S2/c1-3-22(4-2)27(24,25)12-7-5-11(6-8-12)19-15(23)10-26-16-20-13(17)9-14(18)21-16/h5-9H,3-4,10H2,1-2H3,(H,19,23)(H4,17,18,20,21). The van der Waals surface area contributed by atoms with Crippen LogP contribution in [-0.4, -0.2) is 47.4 Å². The molecule has 0 atom stereocenters. The van der Waals surface area contributed by atoms with E-state index >= 15 is 0 Å². The first-order chi connectivity index (χ1) is 12.8. The van der Waals surface area contributed by atoms with Gasteiger partial charge in [-0.15, -0.1) is 0 Å². The highest BCUT2D eigenvalue weighted by Gasteiger charge is 2.21. The molecule has 0 aliphatic heterocycles. The van der Waals surface area contributed by atoms with Crippen molar-refractivity contribution in [2.75, 3.05) is 35.6 Å². The smallest absolute Gasteiger partial charge is 0.243 e. The molecule has 2 rings (SSSR count). The fourth-order valence-electron chi connectivity index (χ4n) is 2.28. The molecule has 0 fully saturated rings. The quantitative estimate of drug-likeness (QED) is 0.437. The Kier molecular flexibility index (Phi) is 6.99. The van der Waals surface area contributed by atoms with E-state index in [9.17, 15) is 13.2 Å². The minimum Gasteiger partial charge on any atom is -0.383 e. The van der Waals surface area contributed by atoms with Gasteiger partial charge >= 0.3 is 0 Å². The highest BCUT2D eigenvalue weighted by Crippen LogP contribution is 2.20. The van der Waals surface area contributed by atoms with Crippen molar-refractivity contribution in [2.45, 2.75) is 23.9 Å². The Balaban J connectivity index is 1.98. The number of hydrogen-bond donors (Lipinski definition) is 3. The third-order valence-electron chi connectivity index (χ3n) is 3.56. The van der Waals surface area contributed by atoms with Gasteiger partial charge in [-0.05, 0) is 24.3 Å². The summed E-state index contributed by atoms with van der Waals surface area (Å²) in [6, 6.07) is 7.47. The van der Waals surface area contributed by atoms with Crippen LogP contribution in [0.5, 0.6) is 0 Å². The summed E-state index contributed by atoms with van der Waals surface area (Å²) in [5.74, 6) is 0.234. The molecule has 11 heteroatoms. The molecule has 1 amide bonds. The summed E-state index contributed by atoms with van der Waals surface area (Å²) in [5, 5.41) is 3.00. The maximum absolute atomic E-state index is 12.4. The molecule has 0 aliphatic carbocycles. The molecule has 146 valence electrons. The monoisotopic (exact) mass is 410 g/mol. The molecule has 0 bridgehead atoms. The Morgan fingerprint density at radius 3 is 2.19 bits per heavy atom. The molecule has 0 radical (unpaired) electrons. The SMILES string of the molecule is CCN(CC)S(=O)(=O)c1ccc(NC(=O)CSc2nc(N)cc(N)n2)cc1. The van der Waals surface area contributed by atoms with Crippen LogP contribution in [0, 0.1) is 0 Å². The largest absolute Gasteiger partial charge is 0.383 e. The van der Waals surface area contributed by atoms with Crippen molar-refractivity contribution in [1.82, 2.24) is 14.3 Å². The van der Waals surface area contributed by atoms with Crippen molar-refractivity contribution in [3.8, 4) is 0 Å². The first kappa shape index (κ1) is 20.9. The number of hydrogen-bond acceptors (Lipinski definition) is 8. The lowest BCUT2D eigenvalue weighted by atomic mass is 10.3. The number of anilines is 3. The Morgan fingerprint density at radius 1 is 1.11 bits per heavy atom.